The SMILES string of the molecule is CCOC(=O)C(NCCN=[N+]=[N-])c1ccc(Cl)cc1Cl. The zero-order valence-electron chi connectivity index (χ0n) is 10.8. The number of hydrogen-bond acceptors (Lipinski definition) is 4. The van der Waals surface area contributed by atoms with E-state index in [1.54, 1.807) is 25.1 Å². The average Bonchev–Trinajstić information content (AvgIpc) is 2.40. The molecule has 0 aliphatic carbocycles. The second kappa shape index (κ2) is 8.66. The lowest BCUT2D eigenvalue weighted by Crippen LogP contribution is -2.32. The van der Waals surface area contributed by atoms with Crippen LogP contribution in [-0.2, 0) is 9.53 Å². The number of hydrogen-bond donors (Lipinski definition) is 1. The third kappa shape index (κ3) is 4.90. The highest BCUT2D eigenvalue weighted by Crippen LogP contribution is 2.27. The van der Waals surface area contributed by atoms with Crippen LogP contribution in [-0.4, -0.2) is 25.7 Å². The summed E-state index contributed by atoms with van der Waals surface area (Å²) in [5.41, 5.74) is 8.78. The third-order valence-electron chi connectivity index (χ3n) is 2.42. The smallest absolute Gasteiger partial charge is 0.327 e. The summed E-state index contributed by atoms with van der Waals surface area (Å²) in [6, 6.07) is 4.13. The Morgan fingerprint density at radius 1 is 1.55 bits per heavy atom. The first-order chi connectivity index (χ1) is 9.60. The van der Waals surface area contributed by atoms with Gasteiger partial charge in [0.1, 0.15) is 6.04 Å². The van der Waals surface area contributed by atoms with Gasteiger partial charge in [-0.3, -0.25) is 0 Å². The van der Waals surface area contributed by atoms with Gasteiger partial charge in [0.25, 0.3) is 0 Å². The normalized spacial score (nSPS) is 11.6. The van der Waals surface area contributed by atoms with Crippen LogP contribution in [0.15, 0.2) is 23.3 Å². The molecule has 8 heteroatoms. The number of nitrogens with one attached hydrogen (secondary N) is 1. The third-order valence-corrected chi connectivity index (χ3v) is 2.98. The van der Waals surface area contributed by atoms with Crippen LogP contribution >= 0.6 is 23.2 Å². The highest BCUT2D eigenvalue weighted by atomic mass is 35.5. The maximum Gasteiger partial charge on any atom is 0.327 e. The molecule has 0 spiro atoms. The lowest BCUT2D eigenvalue weighted by Gasteiger charge is -2.18. The monoisotopic (exact) mass is 316 g/mol. The number of azide groups is 1. The Balaban J connectivity index is 2.90. The van der Waals surface area contributed by atoms with E-state index in [0.29, 0.717) is 22.2 Å². The van der Waals surface area contributed by atoms with E-state index in [-0.39, 0.29) is 13.2 Å². The Kier molecular flexibility index (Phi) is 7.18. The molecule has 1 aromatic rings. The van der Waals surface area contributed by atoms with E-state index in [1.807, 2.05) is 0 Å². The molecular formula is C12H14Cl2N4O2. The standard InChI is InChI=1S/C12H14Cl2N4O2/c1-2-20-12(19)11(16-5-6-17-18-15)9-4-3-8(13)7-10(9)14/h3-4,7,11,16H,2,5-6H2,1H3. The number of nitrogens with zero attached hydrogens (tertiary/aromatic N) is 3. The van der Waals surface area contributed by atoms with Gasteiger partial charge in [-0.1, -0.05) is 34.4 Å². The highest BCUT2D eigenvalue weighted by molar-refractivity contribution is 6.35. The Morgan fingerprint density at radius 3 is 2.90 bits per heavy atom. The van der Waals surface area contributed by atoms with Gasteiger partial charge in [-0.2, -0.15) is 0 Å². The molecular weight excluding hydrogens is 303 g/mol. The average molecular weight is 317 g/mol. The van der Waals surface area contributed by atoms with Gasteiger partial charge in [-0.25, -0.2) is 4.79 Å². The number of rotatable bonds is 7. The first-order valence-corrected chi connectivity index (χ1v) is 6.71. The van der Waals surface area contributed by atoms with Crippen LogP contribution < -0.4 is 5.32 Å². The van der Waals surface area contributed by atoms with Crippen molar-refractivity contribution in [3.63, 3.8) is 0 Å². The predicted molar refractivity (Wildman–Crippen MR) is 77.9 cm³/mol. The molecule has 1 aromatic carbocycles. The van der Waals surface area contributed by atoms with Crippen molar-refractivity contribution in [2.75, 3.05) is 19.7 Å². The van der Waals surface area contributed by atoms with Crippen molar-refractivity contribution in [1.82, 2.24) is 5.32 Å². The van der Waals surface area contributed by atoms with Crippen LogP contribution in [0.25, 0.3) is 10.4 Å². The molecule has 0 aliphatic heterocycles. The quantitative estimate of drug-likeness (QED) is 0.274. The van der Waals surface area contributed by atoms with Crippen LogP contribution in [0.3, 0.4) is 0 Å². The number of esters is 1. The van der Waals surface area contributed by atoms with Crippen LogP contribution in [0, 0.1) is 0 Å². The van der Waals surface area contributed by atoms with E-state index in [0.717, 1.165) is 0 Å². The lowest BCUT2D eigenvalue weighted by molar-refractivity contribution is -0.145. The fourth-order valence-corrected chi connectivity index (χ4v) is 2.10. The summed E-state index contributed by atoms with van der Waals surface area (Å²) in [5, 5.41) is 7.19. The minimum absolute atomic E-state index is 0.220. The molecule has 0 radical (unpaired) electrons. The summed E-state index contributed by atoms with van der Waals surface area (Å²) in [4.78, 5) is 14.6. The molecule has 0 fully saturated rings. The highest BCUT2D eigenvalue weighted by Gasteiger charge is 2.23. The number of carbonyl (C=O) groups excluding carboxylic acids is 1. The number of carbonyl (C=O) groups is 1. The predicted octanol–water partition coefficient (Wildman–Crippen LogP) is 3.50. The van der Waals surface area contributed by atoms with Gasteiger partial charge < -0.3 is 10.1 Å². The van der Waals surface area contributed by atoms with Crippen LogP contribution in [0.2, 0.25) is 10.0 Å². The largest absolute Gasteiger partial charge is 0.465 e. The van der Waals surface area contributed by atoms with Crippen molar-refractivity contribution in [2.24, 2.45) is 5.11 Å². The molecule has 20 heavy (non-hydrogen) atoms. The molecule has 0 heterocycles. The van der Waals surface area contributed by atoms with E-state index < -0.39 is 12.0 Å². The molecule has 0 bridgehead atoms. The summed E-state index contributed by atoms with van der Waals surface area (Å²) in [5.74, 6) is -0.447. The van der Waals surface area contributed by atoms with Crippen molar-refractivity contribution >= 4 is 29.2 Å². The second-order valence-electron chi connectivity index (χ2n) is 3.76. The zero-order chi connectivity index (χ0) is 15.0. The maximum absolute atomic E-state index is 12.0. The first-order valence-electron chi connectivity index (χ1n) is 5.96. The fraction of sp³-hybridized carbons (Fsp3) is 0.417. The Hall–Kier alpha value is -1.46. The van der Waals surface area contributed by atoms with E-state index in [1.165, 1.54) is 0 Å². The number of benzene rings is 1. The van der Waals surface area contributed by atoms with Gasteiger partial charge in [0.05, 0.1) is 6.61 Å². The van der Waals surface area contributed by atoms with Gasteiger partial charge >= 0.3 is 5.97 Å². The van der Waals surface area contributed by atoms with Crippen molar-refractivity contribution in [1.29, 1.82) is 0 Å². The van der Waals surface area contributed by atoms with E-state index in [4.69, 9.17) is 33.5 Å². The van der Waals surface area contributed by atoms with Gasteiger partial charge in [-0.15, -0.1) is 0 Å². The molecule has 108 valence electrons. The Bertz CT molecular complexity index is 518. The van der Waals surface area contributed by atoms with Gasteiger partial charge in [0.2, 0.25) is 0 Å². The summed E-state index contributed by atoms with van der Waals surface area (Å²) in [7, 11) is 0. The molecule has 6 nitrogen and oxygen atoms in total. The molecule has 0 aliphatic rings. The van der Waals surface area contributed by atoms with Gasteiger partial charge in [0, 0.05) is 28.0 Å². The van der Waals surface area contributed by atoms with Crippen LogP contribution in [0.1, 0.15) is 18.5 Å². The Labute approximate surface area is 126 Å². The molecule has 1 rings (SSSR count). The fourth-order valence-electron chi connectivity index (χ4n) is 1.59. The molecule has 0 aromatic heterocycles. The minimum Gasteiger partial charge on any atom is -0.465 e. The van der Waals surface area contributed by atoms with Gasteiger partial charge in [0.15, 0.2) is 0 Å². The molecule has 1 unspecified atom stereocenters. The summed E-state index contributed by atoms with van der Waals surface area (Å²) < 4.78 is 5.00. The molecule has 1 atom stereocenters. The van der Waals surface area contributed by atoms with Crippen molar-refractivity contribution in [2.45, 2.75) is 13.0 Å². The topological polar surface area (TPSA) is 87.1 Å². The van der Waals surface area contributed by atoms with Crippen LogP contribution in [0.4, 0.5) is 0 Å². The number of ether oxygens (including phenoxy) is 1. The van der Waals surface area contributed by atoms with Crippen molar-refractivity contribution in [3.8, 4) is 0 Å². The van der Waals surface area contributed by atoms with E-state index in [2.05, 4.69) is 15.3 Å². The molecule has 1 N–H and O–H groups in total. The molecule has 0 saturated heterocycles. The summed E-state index contributed by atoms with van der Waals surface area (Å²) >= 11 is 11.9. The Morgan fingerprint density at radius 2 is 2.30 bits per heavy atom. The van der Waals surface area contributed by atoms with E-state index in [9.17, 15) is 4.79 Å². The first kappa shape index (κ1) is 16.6. The summed E-state index contributed by atoms with van der Waals surface area (Å²) in [6.07, 6.45) is 0. The summed E-state index contributed by atoms with van der Waals surface area (Å²) in [6.45, 7) is 2.53. The maximum atomic E-state index is 12.0. The van der Waals surface area contributed by atoms with Crippen molar-refractivity contribution < 1.29 is 9.53 Å². The van der Waals surface area contributed by atoms with E-state index >= 15 is 0 Å². The molecule has 0 saturated carbocycles. The number of halogens is 2. The second-order valence-corrected chi connectivity index (χ2v) is 4.60. The zero-order valence-corrected chi connectivity index (χ0v) is 12.4. The molecule has 0 amide bonds. The van der Waals surface area contributed by atoms with Crippen LogP contribution in [0.5, 0.6) is 0 Å². The minimum atomic E-state index is -0.728. The lowest BCUT2D eigenvalue weighted by atomic mass is 10.1. The van der Waals surface area contributed by atoms with Gasteiger partial charge in [-0.05, 0) is 30.2 Å². The van der Waals surface area contributed by atoms with Crippen molar-refractivity contribution in [3.05, 3.63) is 44.3 Å².